The molecule has 0 saturated carbocycles. The molecule has 0 aliphatic carbocycles. The number of rotatable bonds is 5. The molecule has 154 valence electrons. The van der Waals surface area contributed by atoms with E-state index >= 15 is 0 Å². The molecule has 0 spiro atoms. The summed E-state index contributed by atoms with van der Waals surface area (Å²) >= 11 is 0. The molecule has 0 unspecified atom stereocenters. The van der Waals surface area contributed by atoms with E-state index in [1.165, 1.54) is 50.2 Å². The third-order valence-electron chi connectivity index (χ3n) is 4.18. The van der Waals surface area contributed by atoms with Gasteiger partial charge in [0.05, 0.1) is 27.9 Å². The lowest BCUT2D eigenvalue weighted by molar-refractivity contribution is -0.119. The Kier molecular flexibility index (Phi) is 5.37. The predicted octanol–water partition coefficient (Wildman–Crippen LogP) is 1.76. The summed E-state index contributed by atoms with van der Waals surface area (Å²) < 4.78 is 52.6. The molecule has 1 heterocycles. The molecule has 1 aliphatic heterocycles. The first-order valence-corrected chi connectivity index (χ1v) is 11.7. The van der Waals surface area contributed by atoms with Crippen LogP contribution < -0.4 is 14.3 Å². The van der Waals surface area contributed by atoms with Crippen LogP contribution in [0.15, 0.2) is 53.4 Å². The number of benzene rings is 2. The van der Waals surface area contributed by atoms with E-state index in [4.69, 9.17) is 0 Å². The fourth-order valence-corrected chi connectivity index (χ4v) is 5.80. The van der Waals surface area contributed by atoms with Crippen molar-refractivity contribution in [1.29, 1.82) is 0 Å². The Bertz CT molecular complexity index is 1170. The summed E-state index contributed by atoms with van der Waals surface area (Å²) in [7, 11) is -7.73. The van der Waals surface area contributed by atoms with E-state index in [0.29, 0.717) is 9.99 Å². The minimum absolute atomic E-state index is 0.0888. The second-order valence-corrected chi connectivity index (χ2v) is 10.2. The molecule has 1 aliphatic rings. The van der Waals surface area contributed by atoms with Gasteiger partial charge in [-0.05, 0) is 42.5 Å². The minimum atomic E-state index is -3.97. The normalized spacial score (nSPS) is 18.5. The molecule has 2 N–H and O–H groups in total. The fourth-order valence-electron chi connectivity index (χ4n) is 2.93. The maximum atomic E-state index is 12.6. The van der Waals surface area contributed by atoms with Crippen LogP contribution in [0.1, 0.15) is 13.8 Å². The molecule has 1 fully saturated rings. The number of nitrogens with one attached hydrogen (secondary N) is 2. The third-order valence-corrected chi connectivity index (χ3v) is 7.44. The molecule has 0 bridgehead atoms. The predicted molar refractivity (Wildman–Crippen MR) is 108 cm³/mol. The minimum Gasteiger partial charge on any atom is -0.326 e. The van der Waals surface area contributed by atoms with Crippen LogP contribution in [-0.2, 0) is 29.6 Å². The van der Waals surface area contributed by atoms with E-state index in [9.17, 15) is 26.4 Å². The Morgan fingerprint density at radius 2 is 1.72 bits per heavy atom. The number of hydrogen-bond donors (Lipinski definition) is 2. The smallest absolute Gasteiger partial charge is 0.261 e. The highest BCUT2D eigenvalue weighted by atomic mass is 32.2. The SMILES string of the molecule is CC(=O)Nc1cccc(NS(=O)(=O)c2ccc(N3C(=O)[C@H](C)CS3(=O)=O)cc2)c1. The second-order valence-electron chi connectivity index (χ2n) is 6.64. The summed E-state index contributed by atoms with van der Waals surface area (Å²) in [6.07, 6.45) is 0. The maximum Gasteiger partial charge on any atom is 0.261 e. The molecule has 29 heavy (non-hydrogen) atoms. The van der Waals surface area contributed by atoms with Gasteiger partial charge in [-0.3, -0.25) is 14.3 Å². The number of anilines is 3. The molecule has 11 heteroatoms. The first kappa shape index (κ1) is 20.8. The van der Waals surface area contributed by atoms with Crippen molar-refractivity contribution in [2.75, 3.05) is 20.1 Å². The molecule has 2 aromatic rings. The first-order chi connectivity index (χ1) is 13.5. The Morgan fingerprint density at radius 3 is 2.28 bits per heavy atom. The molecule has 3 rings (SSSR count). The number of carbonyl (C=O) groups is 2. The number of sulfonamides is 2. The zero-order valence-corrected chi connectivity index (χ0v) is 17.2. The Balaban J connectivity index is 1.84. The molecule has 1 atom stereocenters. The van der Waals surface area contributed by atoms with Crippen LogP contribution in [0.3, 0.4) is 0 Å². The lowest BCUT2D eigenvalue weighted by atomic mass is 10.2. The molecule has 2 amide bonds. The summed E-state index contributed by atoms with van der Waals surface area (Å²) in [5, 5.41) is 2.56. The van der Waals surface area contributed by atoms with Crippen LogP contribution in [0.4, 0.5) is 17.1 Å². The molecule has 0 aromatic heterocycles. The zero-order valence-electron chi connectivity index (χ0n) is 15.6. The average molecular weight is 437 g/mol. The Morgan fingerprint density at radius 1 is 1.10 bits per heavy atom. The van der Waals surface area contributed by atoms with Gasteiger partial charge in [0.2, 0.25) is 21.8 Å². The number of carbonyl (C=O) groups excluding carboxylic acids is 2. The van der Waals surface area contributed by atoms with E-state index in [2.05, 4.69) is 10.0 Å². The molecule has 0 radical (unpaired) electrons. The van der Waals surface area contributed by atoms with Gasteiger partial charge in [0.15, 0.2) is 0 Å². The molecular formula is C18H19N3O6S2. The fraction of sp³-hybridized carbons (Fsp3) is 0.222. The summed E-state index contributed by atoms with van der Waals surface area (Å²) in [5.74, 6) is -1.77. The van der Waals surface area contributed by atoms with E-state index < -0.39 is 31.9 Å². The molecular weight excluding hydrogens is 418 g/mol. The second kappa shape index (κ2) is 7.48. The first-order valence-electron chi connectivity index (χ1n) is 8.57. The Labute approximate surface area is 168 Å². The summed E-state index contributed by atoms with van der Waals surface area (Å²) in [6, 6.07) is 11.2. The summed E-state index contributed by atoms with van der Waals surface area (Å²) in [4.78, 5) is 23.2. The van der Waals surface area contributed by atoms with Gasteiger partial charge in [0.25, 0.3) is 10.0 Å². The van der Waals surface area contributed by atoms with Gasteiger partial charge in [-0.25, -0.2) is 21.1 Å². The van der Waals surface area contributed by atoms with Crippen LogP contribution in [0.25, 0.3) is 0 Å². The average Bonchev–Trinajstić information content (AvgIpc) is 2.81. The highest BCUT2D eigenvalue weighted by Gasteiger charge is 2.41. The van der Waals surface area contributed by atoms with E-state index in [-0.39, 0.29) is 27.9 Å². The van der Waals surface area contributed by atoms with Gasteiger partial charge in [-0.2, -0.15) is 0 Å². The lowest BCUT2D eigenvalue weighted by Gasteiger charge is -2.16. The van der Waals surface area contributed by atoms with Crippen molar-refractivity contribution in [3.8, 4) is 0 Å². The van der Waals surface area contributed by atoms with Crippen molar-refractivity contribution in [2.24, 2.45) is 5.92 Å². The topological polar surface area (TPSA) is 130 Å². The highest BCUT2D eigenvalue weighted by molar-refractivity contribution is 7.94. The van der Waals surface area contributed by atoms with Crippen molar-refractivity contribution in [3.05, 3.63) is 48.5 Å². The largest absolute Gasteiger partial charge is 0.326 e. The zero-order chi connectivity index (χ0) is 21.4. The van der Waals surface area contributed by atoms with E-state index in [0.717, 1.165) is 0 Å². The van der Waals surface area contributed by atoms with Crippen molar-refractivity contribution in [3.63, 3.8) is 0 Å². The summed E-state index contributed by atoms with van der Waals surface area (Å²) in [5.41, 5.74) is 0.761. The van der Waals surface area contributed by atoms with Gasteiger partial charge in [0, 0.05) is 12.6 Å². The van der Waals surface area contributed by atoms with Gasteiger partial charge >= 0.3 is 0 Å². The van der Waals surface area contributed by atoms with Crippen LogP contribution in [0.2, 0.25) is 0 Å². The van der Waals surface area contributed by atoms with Crippen molar-refractivity contribution in [1.82, 2.24) is 0 Å². The van der Waals surface area contributed by atoms with Crippen molar-refractivity contribution in [2.45, 2.75) is 18.7 Å². The Hall–Kier alpha value is -2.92. The quantitative estimate of drug-likeness (QED) is 0.733. The lowest BCUT2D eigenvalue weighted by Crippen LogP contribution is -2.30. The van der Waals surface area contributed by atoms with Gasteiger partial charge in [-0.1, -0.05) is 13.0 Å². The van der Waals surface area contributed by atoms with Crippen LogP contribution in [0.5, 0.6) is 0 Å². The van der Waals surface area contributed by atoms with E-state index in [1.807, 2.05) is 0 Å². The van der Waals surface area contributed by atoms with Gasteiger partial charge in [-0.15, -0.1) is 0 Å². The third kappa shape index (κ3) is 4.40. The maximum absolute atomic E-state index is 12.6. The van der Waals surface area contributed by atoms with E-state index in [1.54, 1.807) is 12.1 Å². The van der Waals surface area contributed by atoms with Crippen molar-refractivity contribution < 1.29 is 26.4 Å². The highest BCUT2D eigenvalue weighted by Crippen LogP contribution is 2.29. The summed E-state index contributed by atoms with van der Waals surface area (Å²) in [6.45, 7) is 2.86. The van der Waals surface area contributed by atoms with Gasteiger partial charge in [0.1, 0.15) is 0 Å². The number of hydrogen-bond acceptors (Lipinski definition) is 6. The van der Waals surface area contributed by atoms with Gasteiger partial charge < -0.3 is 5.32 Å². The molecule has 2 aromatic carbocycles. The number of amides is 2. The van der Waals surface area contributed by atoms with Crippen LogP contribution >= 0.6 is 0 Å². The van der Waals surface area contributed by atoms with Crippen molar-refractivity contribution >= 4 is 48.9 Å². The monoisotopic (exact) mass is 437 g/mol. The molecule has 9 nitrogen and oxygen atoms in total. The molecule has 1 saturated heterocycles. The number of nitrogens with zero attached hydrogens (tertiary/aromatic N) is 1. The van der Waals surface area contributed by atoms with Crippen LogP contribution in [-0.4, -0.2) is 34.4 Å². The van der Waals surface area contributed by atoms with Crippen LogP contribution in [0, 0.1) is 5.92 Å². The standard InChI is InChI=1S/C18H19N3O6S2/c1-12-11-28(24,25)21(18(12)23)16-6-8-17(9-7-16)29(26,27)20-15-5-3-4-14(10-15)19-13(2)22/h3-10,12,20H,11H2,1-2H3,(H,19,22)/t12-/m1/s1.